The Balaban J connectivity index is 0.926. The Hall–Kier alpha value is -5.50. The predicted molar refractivity (Wildman–Crippen MR) is 178 cm³/mol. The Morgan fingerprint density at radius 3 is 2.60 bits per heavy atom. The first-order valence-electron chi connectivity index (χ1n) is 15.9. The summed E-state index contributed by atoms with van der Waals surface area (Å²) in [7, 11) is 0. The molecule has 0 radical (unpaired) electrons. The van der Waals surface area contributed by atoms with Gasteiger partial charge in [0.25, 0.3) is 5.91 Å². The minimum Gasteiger partial charge on any atom is -0.507 e. The number of rotatable bonds is 10. The Morgan fingerprint density at radius 1 is 1.06 bits per heavy atom. The predicted octanol–water partition coefficient (Wildman–Crippen LogP) is 2.17. The van der Waals surface area contributed by atoms with E-state index >= 15 is 0 Å². The topological polar surface area (TPSA) is 192 Å². The molecule has 6 N–H and O–H groups in total. The van der Waals surface area contributed by atoms with Crippen LogP contribution in [0.1, 0.15) is 41.6 Å². The Kier molecular flexibility index (Phi) is 9.52. The van der Waals surface area contributed by atoms with Crippen LogP contribution in [0.3, 0.4) is 0 Å². The molecule has 2 saturated heterocycles. The normalized spacial score (nSPS) is 18.0. The molecule has 250 valence electrons. The van der Waals surface area contributed by atoms with Crippen LogP contribution in [0.5, 0.6) is 5.75 Å². The van der Waals surface area contributed by atoms with E-state index in [9.17, 15) is 24.3 Å². The lowest BCUT2D eigenvalue weighted by molar-refractivity contribution is -0.127. The molecular formula is C34H38N8O6. The van der Waals surface area contributed by atoms with E-state index in [2.05, 4.69) is 37.6 Å². The number of amides is 4. The van der Waals surface area contributed by atoms with Crippen molar-refractivity contribution in [3.8, 4) is 17.0 Å². The Morgan fingerprint density at radius 2 is 1.83 bits per heavy atom. The van der Waals surface area contributed by atoms with Crippen molar-refractivity contribution < 1.29 is 29.0 Å². The third-order valence-electron chi connectivity index (χ3n) is 8.93. The van der Waals surface area contributed by atoms with Crippen molar-refractivity contribution in [1.29, 1.82) is 0 Å². The van der Waals surface area contributed by atoms with Crippen LogP contribution in [0.15, 0.2) is 60.8 Å². The fourth-order valence-corrected chi connectivity index (χ4v) is 6.37. The number of hydrogen-bond donors (Lipinski definition) is 5. The van der Waals surface area contributed by atoms with Crippen molar-refractivity contribution in [2.45, 2.75) is 38.3 Å². The van der Waals surface area contributed by atoms with Crippen LogP contribution in [-0.4, -0.2) is 82.7 Å². The quantitative estimate of drug-likeness (QED) is 0.203. The number of ether oxygens (including phenoxy) is 1. The third kappa shape index (κ3) is 6.93. The molecule has 0 bridgehead atoms. The summed E-state index contributed by atoms with van der Waals surface area (Å²) in [5.41, 5.74) is 10.2. The Bertz CT molecular complexity index is 1760. The second-order valence-electron chi connectivity index (χ2n) is 12.1. The molecule has 1 atom stereocenters. The molecule has 3 aromatic rings. The molecule has 48 heavy (non-hydrogen) atoms. The number of phenolic OH excluding ortho intramolecular Hbond substituents is 1. The second kappa shape index (κ2) is 14.1. The number of fused-ring (bicyclic) bond motifs is 1. The van der Waals surface area contributed by atoms with Crippen molar-refractivity contribution in [3.05, 3.63) is 71.9 Å². The molecule has 3 aliphatic rings. The zero-order valence-corrected chi connectivity index (χ0v) is 26.4. The highest BCUT2D eigenvalue weighted by molar-refractivity contribution is 6.04. The summed E-state index contributed by atoms with van der Waals surface area (Å²) >= 11 is 0. The molecule has 0 spiro atoms. The number of nitrogens with one attached hydrogen (secondary N) is 3. The number of nitrogen functional groups attached to an aromatic ring is 1. The first-order valence-corrected chi connectivity index (χ1v) is 15.9. The number of piperidine rings is 2. The summed E-state index contributed by atoms with van der Waals surface area (Å²) in [6.07, 6.45) is 2.33. The van der Waals surface area contributed by atoms with Gasteiger partial charge in [-0.25, -0.2) is 0 Å². The highest BCUT2D eigenvalue weighted by Gasteiger charge is 2.39. The van der Waals surface area contributed by atoms with Crippen molar-refractivity contribution in [2.24, 2.45) is 5.92 Å². The largest absolute Gasteiger partial charge is 0.507 e. The molecule has 1 aromatic heterocycles. The number of nitrogens with two attached hydrogens (primary N) is 1. The van der Waals surface area contributed by atoms with Gasteiger partial charge in [-0.2, -0.15) is 0 Å². The summed E-state index contributed by atoms with van der Waals surface area (Å²) in [6.45, 7) is 5.37. The summed E-state index contributed by atoms with van der Waals surface area (Å²) in [5.74, 6) is -0.769. The van der Waals surface area contributed by atoms with Crippen LogP contribution < -0.4 is 26.6 Å². The van der Waals surface area contributed by atoms with Gasteiger partial charge in [0.05, 0.1) is 18.0 Å². The zero-order valence-electron chi connectivity index (χ0n) is 26.4. The molecule has 2 fully saturated rings. The van der Waals surface area contributed by atoms with Crippen LogP contribution in [0.4, 0.5) is 17.2 Å². The van der Waals surface area contributed by atoms with Gasteiger partial charge in [-0.15, -0.1) is 10.2 Å². The van der Waals surface area contributed by atoms with Crippen LogP contribution >= 0.6 is 0 Å². The minimum absolute atomic E-state index is 0.0801. The van der Waals surface area contributed by atoms with Gasteiger partial charge in [0.2, 0.25) is 17.7 Å². The number of hydrogen-bond acceptors (Lipinski definition) is 10. The van der Waals surface area contributed by atoms with Gasteiger partial charge in [-0.3, -0.25) is 19.2 Å². The number of carbonyl (C=O) groups excluding carboxylic acids is 4. The van der Waals surface area contributed by atoms with Crippen LogP contribution in [-0.2, 0) is 25.7 Å². The molecule has 1 unspecified atom stereocenters. The van der Waals surface area contributed by atoms with Gasteiger partial charge in [0.15, 0.2) is 5.82 Å². The number of allylic oxidation sites excluding steroid dienone is 1. The first kappa shape index (κ1) is 32.4. The maximum absolute atomic E-state index is 13.1. The van der Waals surface area contributed by atoms with Crippen molar-refractivity contribution >= 4 is 40.8 Å². The van der Waals surface area contributed by atoms with Gasteiger partial charge >= 0.3 is 0 Å². The summed E-state index contributed by atoms with van der Waals surface area (Å²) in [5, 5.41) is 26.9. The van der Waals surface area contributed by atoms with E-state index in [1.807, 2.05) is 6.07 Å². The zero-order chi connectivity index (χ0) is 33.8. The number of nitrogens with zero attached hydrogens (tertiary/aromatic N) is 4. The summed E-state index contributed by atoms with van der Waals surface area (Å²) in [6, 6.07) is 13.2. The molecule has 2 aromatic carbocycles. The van der Waals surface area contributed by atoms with E-state index in [1.165, 1.54) is 4.90 Å². The van der Waals surface area contributed by atoms with Gasteiger partial charge in [0, 0.05) is 60.2 Å². The number of anilines is 3. The van der Waals surface area contributed by atoms with Crippen molar-refractivity contribution in [3.63, 3.8) is 0 Å². The molecule has 0 saturated carbocycles. The summed E-state index contributed by atoms with van der Waals surface area (Å²) < 4.78 is 5.51. The van der Waals surface area contributed by atoms with Gasteiger partial charge in [0.1, 0.15) is 18.4 Å². The van der Waals surface area contributed by atoms with E-state index in [4.69, 9.17) is 10.5 Å². The van der Waals surface area contributed by atoms with Gasteiger partial charge < -0.3 is 41.3 Å². The lowest BCUT2D eigenvalue weighted by atomic mass is 9.95. The van der Waals surface area contributed by atoms with Crippen molar-refractivity contribution in [2.75, 3.05) is 48.8 Å². The van der Waals surface area contributed by atoms with E-state index in [1.54, 1.807) is 42.5 Å². The number of phenols is 1. The lowest BCUT2D eigenvalue weighted by Crippen LogP contribution is -2.49. The average molecular weight is 655 g/mol. The molecular weight excluding hydrogens is 616 g/mol. The number of carbonyl (C=O) groups is 4. The summed E-state index contributed by atoms with van der Waals surface area (Å²) in [4.78, 5) is 54.7. The highest BCUT2D eigenvalue weighted by Crippen LogP contribution is 2.34. The maximum atomic E-state index is 13.1. The van der Waals surface area contributed by atoms with Crippen LogP contribution in [0.2, 0.25) is 0 Å². The highest BCUT2D eigenvalue weighted by atomic mass is 16.5. The second-order valence-corrected chi connectivity index (χ2v) is 12.1. The molecule has 14 nitrogen and oxygen atoms in total. The fraction of sp³-hybridized carbons (Fsp3) is 0.353. The number of aromatic hydroxyl groups is 1. The first-order chi connectivity index (χ1) is 23.2. The fourth-order valence-electron chi connectivity index (χ4n) is 6.37. The number of para-hydroxylation sites is 1. The molecule has 4 amide bonds. The van der Waals surface area contributed by atoms with E-state index in [0.29, 0.717) is 78.2 Å². The lowest BCUT2D eigenvalue weighted by Gasteiger charge is -2.33. The number of benzene rings is 2. The third-order valence-corrected chi connectivity index (χ3v) is 8.93. The minimum atomic E-state index is -0.591. The van der Waals surface area contributed by atoms with Crippen molar-refractivity contribution in [1.82, 2.24) is 25.7 Å². The maximum Gasteiger partial charge on any atom is 0.255 e. The molecule has 14 heteroatoms. The number of aromatic nitrogens is 2. The average Bonchev–Trinajstić information content (AvgIpc) is 3.42. The van der Waals surface area contributed by atoms with Gasteiger partial charge in [-0.1, -0.05) is 24.8 Å². The molecule has 4 heterocycles. The van der Waals surface area contributed by atoms with E-state index in [-0.39, 0.29) is 61.5 Å². The van der Waals surface area contributed by atoms with E-state index in [0.717, 1.165) is 0 Å². The van der Waals surface area contributed by atoms with E-state index < -0.39 is 11.9 Å². The van der Waals surface area contributed by atoms with Crippen LogP contribution in [0.25, 0.3) is 11.3 Å². The monoisotopic (exact) mass is 654 g/mol. The Labute approximate surface area is 277 Å². The smallest absolute Gasteiger partial charge is 0.255 e. The SMILES string of the molecule is C=C1CCC(N2Cc3c(NC(=O)COCCNC(=O)C4CCN(c5cc(-c6ccccc6O)nnc5N)CC4)cccc3C2=O)C(=O)N1. The molecule has 0 aliphatic carbocycles. The molecule has 6 rings (SSSR count). The van der Waals surface area contributed by atoms with Gasteiger partial charge in [-0.05, 0) is 56.0 Å². The molecule has 3 aliphatic heterocycles. The standard InChI is InChI=1S/C34H38N8O6/c1-20-9-10-27(33(46)37-20)42-18-24-22(34(42)47)6-4-7-25(24)38-30(44)19-48-16-13-36-32(45)21-11-14-41(15-12-21)28-17-26(39-40-31(28)35)23-5-2-3-8-29(23)43/h2-8,17,21,27,43H,1,9-16,18-19H2,(H2,35,40)(H,36,45)(H,37,46)(H,38,44). The van der Waals surface area contributed by atoms with Crippen LogP contribution in [0, 0.1) is 5.92 Å².